The van der Waals surface area contributed by atoms with Gasteiger partial charge in [0.1, 0.15) is 5.82 Å². The summed E-state index contributed by atoms with van der Waals surface area (Å²) in [6, 6.07) is 12.0. The second kappa shape index (κ2) is 7.49. The first kappa shape index (κ1) is 16.5. The molecule has 0 spiro atoms. The monoisotopic (exact) mass is 344 g/mol. The van der Waals surface area contributed by atoms with Crippen molar-refractivity contribution in [2.75, 3.05) is 17.6 Å². The molecular formula is C18H17FN2O2S. The fourth-order valence-corrected chi connectivity index (χ4v) is 3.32. The van der Waals surface area contributed by atoms with Gasteiger partial charge in [-0.05, 0) is 41.8 Å². The van der Waals surface area contributed by atoms with Crippen molar-refractivity contribution in [3.63, 3.8) is 0 Å². The molecule has 0 aliphatic carbocycles. The summed E-state index contributed by atoms with van der Waals surface area (Å²) in [6.07, 6.45) is 0.831. The average Bonchev–Trinajstić information content (AvgIpc) is 2.54. The van der Waals surface area contributed by atoms with Crippen molar-refractivity contribution in [1.82, 2.24) is 5.32 Å². The zero-order valence-corrected chi connectivity index (χ0v) is 13.8. The molecule has 2 aromatic carbocycles. The van der Waals surface area contributed by atoms with Crippen LogP contribution in [-0.2, 0) is 22.4 Å². The van der Waals surface area contributed by atoms with E-state index < -0.39 is 0 Å². The van der Waals surface area contributed by atoms with Gasteiger partial charge in [-0.25, -0.2) is 4.39 Å². The number of nitrogens with one attached hydrogen (secondary N) is 2. The quantitative estimate of drug-likeness (QED) is 0.877. The summed E-state index contributed by atoms with van der Waals surface area (Å²) in [5, 5.41) is 5.69. The number of carbonyl (C=O) groups is 2. The van der Waals surface area contributed by atoms with E-state index in [2.05, 4.69) is 10.6 Å². The van der Waals surface area contributed by atoms with Crippen LogP contribution in [0.1, 0.15) is 11.1 Å². The third-order valence-electron chi connectivity index (χ3n) is 3.67. The summed E-state index contributed by atoms with van der Waals surface area (Å²) in [5.41, 5.74) is 2.53. The van der Waals surface area contributed by atoms with Crippen LogP contribution >= 0.6 is 11.8 Å². The molecule has 4 nitrogen and oxygen atoms in total. The highest BCUT2D eigenvalue weighted by Crippen LogP contribution is 2.31. The second-order valence-corrected chi connectivity index (χ2v) is 6.59. The molecule has 0 saturated carbocycles. The van der Waals surface area contributed by atoms with Gasteiger partial charge in [-0.15, -0.1) is 11.8 Å². The number of halogens is 1. The molecule has 0 aromatic heterocycles. The predicted molar refractivity (Wildman–Crippen MR) is 92.6 cm³/mol. The lowest BCUT2D eigenvalue weighted by atomic mass is 10.1. The van der Waals surface area contributed by atoms with Crippen LogP contribution < -0.4 is 10.6 Å². The van der Waals surface area contributed by atoms with Crippen molar-refractivity contribution < 1.29 is 14.0 Å². The maximum atomic E-state index is 13.1. The van der Waals surface area contributed by atoms with Crippen molar-refractivity contribution in [1.29, 1.82) is 0 Å². The molecule has 6 heteroatoms. The normalized spacial score (nSPS) is 13.1. The largest absolute Gasteiger partial charge is 0.355 e. The lowest BCUT2D eigenvalue weighted by Crippen LogP contribution is -2.27. The van der Waals surface area contributed by atoms with Crippen LogP contribution in [0.2, 0.25) is 0 Å². The van der Waals surface area contributed by atoms with Gasteiger partial charge in [0.05, 0.1) is 17.9 Å². The third kappa shape index (κ3) is 4.35. The zero-order valence-electron chi connectivity index (χ0n) is 13.0. The van der Waals surface area contributed by atoms with E-state index in [1.54, 1.807) is 12.1 Å². The molecular weight excluding hydrogens is 327 g/mol. The molecule has 2 aromatic rings. The van der Waals surface area contributed by atoms with Crippen LogP contribution in [0, 0.1) is 5.82 Å². The van der Waals surface area contributed by atoms with Crippen molar-refractivity contribution in [2.45, 2.75) is 17.7 Å². The Morgan fingerprint density at radius 3 is 2.92 bits per heavy atom. The van der Waals surface area contributed by atoms with Crippen LogP contribution in [0.4, 0.5) is 10.1 Å². The maximum Gasteiger partial charge on any atom is 0.234 e. The van der Waals surface area contributed by atoms with E-state index in [1.807, 2.05) is 18.2 Å². The Balaban J connectivity index is 1.50. The minimum atomic E-state index is -0.339. The van der Waals surface area contributed by atoms with Gasteiger partial charge in [0.2, 0.25) is 11.8 Å². The minimum absolute atomic E-state index is 0.00745. The Labute approximate surface area is 143 Å². The molecule has 1 aliphatic rings. The molecule has 2 N–H and O–H groups in total. The fourth-order valence-electron chi connectivity index (χ4n) is 2.53. The summed E-state index contributed by atoms with van der Waals surface area (Å²) in [6.45, 7) is 0.494. The number of hydrogen-bond acceptors (Lipinski definition) is 3. The minimum Gasteiger partial charge on any atom is -0.355 e. The van der Waals surface area contributed by atoms with Crippen LogP contribution in [-0.4, -0.2) is 24.1 Å². The summed E-state index contributed by atoms with van der Waals surface area (Å²) in [5.74, 6) is -0.0209. The van der Waals surface area contributed by atoms with Crippen molar-refractivity contribution in [3.05, 3.63) is 59.4 Å². The van der Waals surface area contributed by atoms with Crippen LogP contribution in [0.15, 0.2) is 47.4 Å². The molecule has 24 heavy (non-hydrogen) atoms. The van der Waals surface area contributed by atoms with Gasteiger partial charge >= 0.3 is 0 Å². The standard InChI is InChI=1S/C18H17FN2O2S/c19-14-3-1-2-13(8-14)10-17(22)20-7-6-12-4-5-16-15(9-12)21-18(23)11-24-16/h1-5,8-9H,6-7,10-11H2,(H,20,22)(H,21,23). The van der Waals surface area contributed by atoms with Crippen LogP contribution in [0.25, 0.3) is 0 Å². The van der Waals surface area contributed by atoms with E-state index in [9.17, 15) is 14.0 Å². The van der Waals surface area contributed by atoms with Gasteiger partial charge in [0, 0.05) is 11.4 Å². The first-order valence-electron chi connectivity index (χ1n) is 7.67. The van der Waals surface area contributed by atoms with E-state index in [1.165, 1.54) is 23.9 Å². The summed E-state index contributed by atoms with van der Waals surface area (Å²) >= 11 is 1.52. The molecule has 1 aliphatic heterocycles. The molecule has 0 radical (unpaired) electrons. The van der Waals surface area contributed by atoms with E-state index in [4.69, 9.17) is 0 Å². The van der Waals surface area contributed by atoms with Gasteiger partial charge in [0.15, 0.2) is 0 Å². The van der Waals surface area contributed by atoms with Gasteiger partial charge < -0.3 is 10.6 Å². The van der Waals surface area contributed by atoms with Crippen molar-refractivity contribution in [3.8, 4) is 0 Å². The zero-order chi connectivity index (χ0) is 16.9. The topological polar surface area (TPSA) is 58.2 Å². The first-order chi connectivity index (χ1) is 11.6. The van der Waals surface area contributed by atoms with Crippen LogP contribution in [0.3, 0.4) is 0 Å². The lowest BCUT2D eigenvalue weighted by Gasteiger charge is -2.17. The summed E-state index contributed by atoms with van der Waals surface area (Å²) < 4.78 is 13.1. The Kier molecular flexibility index (Phi) is 5.15. The molecule has 124 valence electrons. The van der Waals surface area contributed by atoms with E-state index in [0.29, 0.717) is 24.3 Å². The number of carbonyl (C=O) groups excluding carboxylic acids is 2. The Morgan fingerprint density at radius 1 is 1.21 bits per heavy atom. The van der Waals surface area contributed by atoms with E-state index >= 15 is 0 Å². The second-order valence-electron chi connectivity index (χ2n) is 5.57. The molecule has 0 fully saturated rings. The van der Waals surface area contributed by atoms with E-state index in [-0.39, 0.29) is 24.1 Å². The highest BCUT2D eigenvalue weighted by atomic mass is 32.2. The number of amides is 2. The first-order valence-corrected chi connectivity index (χ1v) is 8.65. The van der Waals surface area contributed by atoms with Gasteiger partial charge in [-0.1, -0.05) is 18.2 Å². The van der Waals surface area contributed by atoms with Gasteiger partial charge in [-0.3, -0.25) is 9.59 Å². The van der Waals surface area contributed by atoms with Gasteiger partial charge in [-0.2, -0.15) is 0 Å². The van der Waals surface area contributed by atoms with Crippen molar-refractivity contribution >= 4 is 29.3 Å². The third-order valence-corrected chi connectivity index (χ3v) is 4.74. The summed E-state index contributed by atoms with van der Waals surface area (Å²) in [4.78, 5) is 24.4. The maximum absolute atomic E-state index is 13.1. The summed E-state index contributed by atoms with van der Waals surface area (Å²) in [7, 11) is 0. The number of fused-ring (bicyclic) bond motifs is 1. The molecule has 0 saturated heterocycles. The van der Waals surface area contributed by atoms with Crippen LogP contribution in [0.5, 0.6) is 0 Å². The number of anilines is 1. The van der Waals surface area contributed by atoms with Crippen molar-refractivity contribution in [2.24, 2.45) is 0 Å². The van der Waals surface area contributed by atoms with Gasteiger partial charge in [0.25, 0.3) is 0 Å². The molecule has 2 amide bonds. The highest BCUT2D eigenvalue weighted by molar-refractivity contribution is 8.00. The number of hydrogen-bond donors (Lipinski definition) is 2. The molecule has 0 unspecified atom stereocenters. The van der Waals surface area contributed by atoms with E-state index in [0.717, 1.165) is 16.1 Å². The Bertz CT molecular complexity index is 779. The molecule has 3 rings (SSSR count). The number of benzene rings is 2. The highest BCUT2D eigenvalue weighted by Gasteiger charge is 2.15. The average molecular weight is 344 g/mol. The number of thioether (sulfide) groups is 1. The fraction of sp³-hybridized carbons (Fsp3) is 0.222. The number of rotatable bonds is 5. The smallest absolute Gasteiger partial charge is 0.234 e. The Morgan fingerprint density at radius 2 is 2.08 bits per heavy atom. The lowest BCUT2D eigenvalue weighted by molar-refractivity contribution is -0.120. The molecule has 0 atom stereocenters. The Hall–Kier alpha value is -2.34. The predicted octanol–water partition coefficient (Wildman–Crippen LogP) is 2.77. The molecule has 0 bridgehead atoms. The molecule has 1 heterocycles. The SMILES string of the molecule is O=C(Cc1cccc(F)c1)NCCc1ccc2c(c1)NC(=O)CS2.